The monoisotopic (exact) mass is 227 g/mol. The standard InChI is InChI=1S/C12H25N3O/c1-4-15(12(16)9-14(2)3)11-7-5-10(13)6-8-11/h10-11H,4-9,13H2,1-3H3. The second-order valence-electron chi connectivity index (χ2n) is 4.99. The molecule has 0 aromatic carbocycles. The van der Waals surface area contributed by atoms with E-state index >= 15 is 0 Å². The molecule has 0 saturated heterocycles. The molecule has 1 aliphatic carbocycles. The summed E-state index contributed by atoms with van der Waals surface area (Å²) in [6, 6.07) is 0.760. The largest absolute Gasteiger partial charge is 0.339 e. The van der Waals surface area contributed by atoms with Crippen molar-refractivity contribution in [3.05, 3.63) is 0 Å². The molecule has 0 heterocycles. The maximum Gasteiger partial charge on any atom is 0.236 e. The number of likely N-dealkylation sites (N-methyl/N-ethyl adjacent to an activating group) is 2. The molecular formula is C12H25N3O. The van der Waals surface area contributed by atoms with Crippen LogP contribution in [0.4, 0.5) is 0 Å². The van der Waals surface area contributed by atoms with Crippen LogP contribution in [0.3, 0.4) is 0 Å². The highest BCUT2D eigenvalue weighted by atomic mass is 16.2. The van der Waals surface area contributed by atoms with Crippen LogP contribution in [0.25, 0.3) is 0 Å². The summed E-state index contributed by atoms with van der Waals surface area (Å²) >= 11 is 0. The van der Waals surface area contributed by atoms with E-state index in [9.17, 15) is 4.79 Å². The number of hydrogen-bond donors (Lipinski definition) is 1. The maximum atomic E-state index is 12.0. The molecule has 2 N–H and O–H groups in total. The lowest BCUT2D eigenvalue weighted by Crippen LogP contribution is -2.47. The van der Waals surface area contributed by atoms with Crippen molar-refractivity contribution in [3.8, 4) is 0 Å². The molecule has 0 unspecified atom stereocenters. The van der Waals surface area contributed by atoms with Gasteiger partial charge in [0.2, 0.25) is 5.91 Å². The topological polar surface area (TPSA) is 49.6 Å². The molecule has 1 fully saturated rings. The van der Waals surface area contributed by atoms with Crippen molar-refractivity contribution >= 4 is 5.91 Å². The van der Waals surface area contributed by atoms with Crippen LogP contribution in [0.1, 0.15) is 32.6 Å². The first-order valence-corrected chi connectivity index (χ1v) is 6.24. The normalized spacial score (nSPS) is 25.8. The first kappa shape index (κ1) is 13.5. The van der Waals surface area contributed by atoms with Crippen LogP contribution in [0.15, 0.2) is 0 Å². The van der Waals surface area contributed by atoms with E-state index in [4.69, 9.17) is 5.73 Å². The van der Waals surface area contributed by atoms with Crippen LogP contribution in [0, 0.1) is 0 Å². The third-order valence-electron chi connectivity index (χ3n) is 3.29. The average molecular weight is 227 g/mol. The zero-order valence-corrected chi connectivity index (χ0v) is 10.8. The molecule has 0 aromatic rings. The SMILES string of the molecule is CCN(C(=O)CN(C)C)C1CCC(N)CC1. The van der Waals surface area contributed by atoms with E-state index in [1.165, 1.54) is 0 Å². The highest BCUT2D eigenvalue weighted by Gasteiger charge is 2.26. The van der Waals surface area contributed by atoms with Crippen molar-refractivity contribution in [3.63, 3.8) is 0 Å². The summed E-state index contributed by atoms with van der Waals surface area (Å²) in [7, 11) is 3.87. The van der Waals surface area contributed by atoms with Gasteiger partial charge in [-0.05, 0) is 46.7 Å². The van der Waals surface area contributed by atoms with E-state index in [0.717, 1.165) is 32.2 Å². The van der Waals surface area contributed by atoms with Crippen molar-refractivity contribution in [2.75, 3.05) is 27.2 Å². The molecule has 0 aliphatic heterocycles. The first-order chi connectivity index (χ1) is 7.54. The molecule has 0 atom stereocenters. The Hall–Kier alpha value is -0.610. The minimum Gasteiger partial charge on any atom is -0.339 e. The smallest absolute Gasteiger partial charge is 0.236 e. The van der Waals surface area contributed by atoms with Gasteiger partial charge < -0.3 is 15.5 Å². The summed E-state index contributed by atoms with van der Waals surface area (Å²) in [4.78, 5) is 16.0. The molecule has 16 heavy (non-hydrogen) atoms. The van der Waals surface area contributed by atoms with E-state index in [1.807, 2.05) is 23.9 Å². The average Bonchev–Trinajstić information content (AvgIpc) is 2.21. The summed E-state index contributed by atoms with van der Waals surface area (Å²) in [5, 5.41) is 0. The van der Waals surface area contributed by atoms with Crippen molar-refractivity contribution in [2.45, 2.75) is 44.7 Å². The molecular weight excluding hydrogens is 202 g/mol. The molecule has 1 saturated carbocycles. The van der Waals surface area contributed by atoms with Gasteiger partial charge in [0.1, 0.15) is 0 Å². The molecule has 94 valence electrons. The van der Waals surface area contributed by atoms with Gasteiger partial charge in [0, 0.05) is 18.6 Å². The second kappa shape index (κ2) is 6.21. The lowest BCUT2D eigenvalue weighted by atomic mass is 9.90. The molecule has 1 aliphatic rings. The molecule has 0 spiro atoms. The Morgan fingerprint density at radius 2 is 1.81 bits per heavy atom. The summed E-state index contributed by atoms with van der Waals surface area (Å²) in [6.45, 7) is 3.38. The van der Waals surface area contributed by atoms with Crippen LogP contribution in [0.5, 0.6) is 0 Å². The van der Waals surface area contributed by atoms with Gasteiger partial charge in [-0.2, -0.15) is 0 Å². The summed E-state index contributed by atoms with van der Waals surface area (Å²) in [5.41, 5.74) is 5.88. The van der Waals surface area contributed by atoms with Crippen LogP contribution in [-0.4, -0.2) is 55.0 Å². The quantitative estimate of drug-likeness (QED) is 0.768. The van der Waals surface area contributed by atoms with Crippen LogP contribution in [-0.2, 0) is 4.79 Å². The van der Waals surface area contributed by atoms with E-state index in [-0.39, 0.29) is 5.91 Å². The van der Waals surface area contributed by atoms with Crippen molar-refractivity contribution in [1.29, 1.82) is 0 Å². The van der Waals surface area contributed by atoms with Gasteiger partial charge in [-0.1, -0.05) is 0 Å². The van der Waals surface area contributed by atoms with Crippen LogP contribution >= 0.6 is 0 Å². The van der Waals surface area contributed by atoms with E-state index in [1.54, 1.807) is 0 Å². The highest BCUT2D eigenvalue weighted by Crippen LogP contribution is 2.22. The van der Waals surface area contributed by atoms with Gasteiger partial charge in [0.15, 0.2) is 0 Å². The van der Waals surface area contributed by atoms with Gasteiger partial charge in [-0.25, -0.2) is 0 Å². The third kappa shape index (κ3) is 3.76. The number of nitrogens with two attached hydrogens (primary N) is 1. The van der Waals surface area contributed by atoms with Crippen LogP contribution in [0.2, 0.25) is 0 Å². The van der Waals surface area contributed by atoms with Gasteiger partial charge in [0.25, 0.3) is 0 Å². The second-order valence-corrected chi connectivity index (χ2v) is 4.99. The van der Waals surface area contributed by atoms with Crippen molar-refractivity contribution < 1.29 is 4.79 Å². The van der Waals surface area contributed by atoms with Gasteiger partial charge >= 0.3 is 0 Å². The Bertz CT molecular complexity index is 222. The zero-order valence-electron chi connectivity index (χ0n) is 10.8. The van der Waals surface area contributed by atoms with Crippen molar-refractivity contribution in [1.82, 2.24) is 9.80 Å². The molecule has 4 heteroatoms. The summed E-state index contributed by atoms with van der Waals surface area (Å²) < 4.78 is 0. The third-order valence-corrected chi connectivity index (χ3v) is 3.29. The minimum absolute atomic E-state index is 0.243. The fourth-order valence-corrected chi connectivity index (χ4v) is 2.41. The van der Waals surface area contributed by atoms with E-state index in [0.29, 0.717) is 18.6 Å². The molecule has 0 bridgehead atoms. The lowest BCUT2D eigenvalue weighted by Gasteiger charge is -2.36. The number of carbonyl (C=O) groups excluding carboxylic acids is 1. The fraction of sp³-hybridized carbons (Fsp3) is 0.917. The Labute approximate surface area is 98.8 Å². The minimum atomic E-state index is 0.243. The molecule has 1 amide bonds. The zero-order chi connectivity index (χ0) is 12.1. The van der Waals surface area contributed by atoms with Gasteiger partial charge in [0.05, 0.1) is 6.54 Å². The van der Waals surface area contributed by atoms with Crippen LogP contribution < -0.4 is 5.73 Å². The Kier molecular flexibility index (Phi) is 5.22. The Morgan fingerprint density at radius 1 is 1.25 bits per heavy atom. The maximum absolute atomic E-state index is 12.0. The van der Waals surface area contributed by atoms with E-state index < -0.39 is 0 Å². The molecule has 4 nitrogen and oxygen atoms in total. The molecule has 1 rings (SSSR count). The fourth-order valence-electron chi connectivity index (χ4n) is 2.41. The predicted molar refractivity (Wildman–Crippen MR) is 66.2 cm³/mol. The number of hydrogen-bond acceptors (Lipinski definition) is 3. The first-order valence-electron chi connectivity index (χ1n) is 6.24. The van der Waals surface area contributed by atoms with Gasteiger partial charge in [-0.3, -0.25) is 4.79 Å². The number of rotatable bonds is 4. The number of carbonyl (C=O) groups is 1. The Morgan fingerprint density at radius 3 is 2.25 bits per heavy atom. The Balaban J connectivity index is 2.50. The van der Waals surface area contributed by atoms with E-state index in [2.05, 4.69) is 6.92 Å². The molecule has 0 radical (unpaired) electrons. The highest BCUT2D eigenvalue weighted by molar-refractivity contribution is 5.78. The lowest BCUT2D eigenvalue weighted by molar-refractivity contribution is -0.134. The number of nitrogens with zero attached hydrogens (tertiary/aromatic N) is 2. The summed E-state index contributed by atoms with van der Waals surface area (Å²) in [5.74, 6) is 0.243. The summed E-state index contributed by atoms with van der Waals surface area (Å²) in [6.07, 6.45) is 4.23. The van der Waals surface area contributed by atoms with Gasteiger partial charge in [-0.15, -0.1) is 0 Å². The molecule has 0 aromatic heterocycles. The van der Waals surface area contributed by atoms with Crippen molar-refractivity contribution in [2.24, 2.45) is 5.73 Å². The number of amides is 1. The predicted octanol–water partition coefficient (Wildman–Crippen LogP) is 0.666.